The fourth-order valence-corrected chi connectivity index (χ4v) is 9.91. The zero-order valence-electron chi connectivity index (χ0n) is 47.3. The highest BCUT2D eigenvalue weighted by molar-refractivity contribution is 5.76. The van der Waals surface area contributed by atoms with E-state index in [-0.39, 0.29) is 18.5 Å². The summed E-state index contributed by atoms with van der Waals surface area (Å²) in [6, 6.07) is -0.538. The quantitative estimate of drug-likeness (QED) is 0.0321. The lowest BCUT2D eigenvalue weighted by molar-refractivity contribution is -0.143. The van der Waals surface area contributed by atoms with E-state index in [1.54, 1.807) is 0 Å². The summed E-state index contributed by atoms with van der Waals surface area (Å²) >= 11 is 0. The molecule has 0 aromatic heterocycles. The molecule has 414 valence electrons. The molecule has 0 spiro atoms. The number of allylic oxidation sites excluding steroid dienone is 4. The first-order valence-electron chi connectivity index (χ1n) is 31.6. The number of ether oxygens (including phenoxy) is 1. The van der Waals surface area contributed by atoms with E-state index in [1.165, 1.54) is 263 Å². The van der Waals surface area contributed by atoms with Crippen molar-refractivity contribution in [1.29, 1.82) is 0 Å². The summed E-state index contributed by atoms with van der Waals surface area (Å²) in [5.74, 6) is -0.0285. The molecule has 6 heteroatoms. The number of amides is 1. The number of hydrogen-bond acceptors (Lipinski definition) is 5. The number of rotatable bonds is 59. The lowest BCUT2D eigenvalue weighted by Crippen LogP contribution is -2.45. The summed E-state index contributed by atoms with van der Waals surface area (Å²) < 4.78 is 5.48. The van der Waals surface area contributed by atoms with E-state index in [4.69, 9.17) is 4.74 Å². The maximum absolute atomic E-state index is 12.5. The van der Waals surface area contributed by atoms with Crippen LogP contribution < -0.4 is 5.32 Å². The van der Waals surface area contributed by atoms with Gasteiger partial charge in [-0.25, -0.2) is 0 Å². The Hall–Kier alpha value is -1.66. The molecule has 0 saturated carbocycles. The fourth-order valence-electron chi connectivity index (χ4n) is 9.91. The first-order chi connectivity index (χ1) is 34.5. The standard InChI is InChI=1S/C64H123NO5/c1-3-5-7-9-11-13-15-17-30-34-38-42-46-50-54-58-64(69)70-59-55-51-47-43-39-35-32-29-27-25-23-21-19-18-20-22-24-26-28-31-33-37-41-45-49-53-57-63(68)65-61(60-66)62(67)56-52-48-44-40-36-16-14-12-10-8-6-4-2/h11,13,17,30,61-62,66-67H,3-10,12,14-16,18-29,31-60H2,1-2H3,(H,65,68)/b13-11-,30-17-. The molecule has 0 aromatic carbocycles. The topological polar surface area (TPSA) is 95.9 Å². The largest absolute Gasteiger partial charge is 0.466 e. The SMILES string of the molecule is CCCCC/C=C\C/C=C\CCCCCCCC(=O)OCCCCCCCCCCCCCCCCCCCCCCCCCCCCC(=O)NC(CO)C(O)CCCCCCCCCCCCCC. The van der Waals surface area contributed by atoms with Crippen LogP contribution in [-0.2, 0) is 14.3 Å². The highest BCUT2D eigenvalue weighted by Gasteiger charge is 2.20. The van der Waals surface area contributed by atoms with Gasteiger partial charge in [-0.2, -0.15) is 0 Å². The van der Waals surface area contributed by atoms with Crippen molar-refractivity contribution in [2.45, 2.75) is 360 Å². The second-order valence-electron chi connectivity index (χ2n) is 21.7. The van der Waals surface area contributed by atoms with Crippen LogP contribution >= 0.6 is 0 Å². The minimum Gasteiger partial charge on any atom is -0.466 e. The van der Waals surface area contributed by atoms with E-state index >= 15 is 0 Å². The van der Waals surface area contributed by atoms with Crippen LogP contribution in [0.2, 0.25) is 0 Å². The third-order valence-electron chi connectivity index (χ3n) is 14.8. The van der Waals surface area contributed by atoms with Gasteiger partial charge in [-0.15, -0.1) is 0 Å². The highest BCUT2D eigenvalue weighted by Crippen LogP contribution is 2.18. The van der Waals surface area contributed by atoms with Gasteiger partial charge in [0, 0.05) is 12.8 Å². The minimum atomic E-state index is -0.661. The zero-order valence-corrected chi connectivity index (χ0v) is 47.3. The summed E-state index contributed by atoms with van der Waals surface area (Å²) in [7, 11) is 0. The molecule has 0 aliphatic rings. The lowest BCUT2D eigenvalue weighted by atomic mass is 10.0. The van der Waals surface area contributed by atoms with Gasteiger partial charge < -0.3 is 20.3 Å². The molecule has 0 fully saturated rings. The third-order valence-corrected chi connectivity index (χ3v) is 14.8. The van der Waals surface area contributed by atoms with Crippen molar-refractivity contribution in [3.63, 3.8) is 0 Å². The van der Waals surface area contributed by atoms with E-state index < -0.39 is 12.1 Å². The molecule has 70 heavy (non-hydrogen) atoms. The number of nitrogens with one attached hydrogen (secondary N) is 1. The lowest BCUT2D eigenvalue weighted by Gasteiger charge is -2.22. The van der Waals surface area contributed by atoms with Gasteiger partial charge in [0.15, 0.2) is 0 Å². The normalized spacial score (nSPS) is 12.7. The zero-order chi connectivity index (χ0) is 50.7. The van der Waals surface area contributed by atoms with Gasteiger partial charge in [0.2, 0.25) is 5.91 Å². The van der Waals surface area contributed by atoms with E-state index in [1.807, 2.05) is 0 Å². The third kappa shape index (κ3) is 55.7. The number of carbonyl (C=O) groups excluding carboxylic acids is 2. The van der Waals surface area contributed by atoms with Gasteiger partial charge >= 0.3 is 5.97 Å². The number of unbranched alkanes of at least 4 members (excludes halogenated alkanes) is 44. The Morgan fingerprint density at radius 2 is 0.714 bits per heavy atom. The number of aliphatic hydroxyl groups excluding tert-OH is 2. The Morgan fingerprint density at radius 3 is 1.11 bits per heavy atom. The molecule has 0 rings (SSSR count). The first-order valence-corrected chi connectivity index (χ1v) is 31.6. The van der Waals surface area contributed by atoms with Crippen LogP contribution in [0.15, 0.2) is 24.3 Å². The molecule has 0 heterocycles. The van der Waals surface area contributed by atoms with Crippen molar-refractivity contribution in [3.05, 3.63) is 24.3 Å². The van der Waals surface area contributed by atoms with Gasteiger partial charge in [0.1, 0.15) is 0 Å². The Bertz CT molecular complexity index is 1090. The van der Waals surface area contributed by atoms with Crippen LogP contribution in [-0.4, -0.2) is 47.4 Å². The number of aliphatic hydroxyl groups is 2. The molecule has 1 amide bonds. The van der Waals surface area contributed by atoms with Gasteiger partial charge in [-0.1, -0.05) is 301 Å². The monoisotopic (exact) mass is 986 g/mol. The van der Waals surface area contributed by atoms with Crippen molar-refractivity contribution in [3.8, 4) is 0 Å². The van der Waals surface area contributed by atoms with Gasteiger partial charge in [-0.3, -0.25) is 9.59 Å². The fraction of sp³-hybridized carbons (Fsp3) is 0.906. The average Bonchev–Trinajstić information content (AvgIpc) is 3.36. The summed E-state index contributed by atoms with van der Waals surface area (Å²) in [4.78, 5) is 24.5. The maximum Gasteiger partial charge on any atom is 0.305 e. The predicted molar refractivity (Wildman–Crippen MR) is 306 cm³/mol. The Kier molecular flexibility index (Phi) is 58.5. The van der Waals surface area contributed by atoms with E-state index in [9.17, 15) is 19.8 Å². The molecule has 0 radical (unpaired) electrons. The summed E-state index contributed by atoms with van der Waals surface area (Å²) in [5, 5.41) is 23.2. The molecule has 0 bridgehead atoms. The smallest absolute Gasteiger partial charge is 0.305 e. The molecule has 0 saturated heterocycles. The molecule has 2 unspecified atom stereocenters. The van der Waals surface area contributed by atoms with Gasteiger partial charge in [0.05, 0.1) is 25.4 Å². The molecular formula is C64H123NO5. The predicted octanol–water partition coefficient (Wildman–Crippen LogP) is 19.8. The Labute approximate surface area is 437 Å². The van der Waals surface area contributed by atoms with Crippen LogP contribution in [0.25, 0.3) is 0 Å². The van der Waals surface area contributed by atoms with E-state index in [0.717, 1.165) is 51.4 Å². The van der Waals surface area contributed by atoms with Crippen LogP contribution in [0.1, 0.15) is 348 Å². The molecule has 0 aliphatic heterocycles. The Morgan fingerprint density at radius 1 is 0.400 bits per heavy atom. The van der Waals surface area contributed by atoms with Gasteiger partial charge in [0.25, 0.3) is 0 Å². The summed E-state index contributed by atoms with van der Waals surface area (Å²) in [6.07, 6.45) is 73.4. The average molecular weight is 987 g/mol. The van der Waals surface area contributed by atoms with Crippen LogP contribution in [0.5, 0.6) is 0 Å². The van der Waals surface area contributed by atoms with Crippen molar-refractivity contribution in [2.75, 3.05) is 13.2 Å². The van der Waals surface area contributed by atoms with Crippen molar-refractivity contribution in [1.82, 2.24) is 5.32 Å². The number of hydrogen-bond donors (Lipinski definition) is 3. The minimum absolute atomic E-state index is 0.00351. The summed E-state index contributed by atoms with van der Waals surface area (Å²) in [6.45, 7) is 4.93. The van der Waals surface area contributed by atoms with Crippen molar-refractivity contribution in [2.24, 2.45) is 0 Å². The molecule has 6 nitrogen and oxygen atoms in total. The number of carbonyl (C=O) groups is 2. The maximum atomic E-state index is 12.5. The molecule has 0 aromatic rings. The highest BCUT2D eigenvalue weighted by atomic mass is 16.5. The van der Waals surface area contributed by atoms with E-state index in [0.29, 0.717) is 25.9 Å². The molecular weight excluding hydrogens is 863 g/mol. The van der Waals surface area contributed by atoms with Crippen LogP contribution in [0.4, 0.5) is 0 Å². The van der Waals surface area contributed by atoms with Crippen LogP contribution in [0, 0.1) is 0 Å². The molecule has 3 N–H and O–H groups in total. The van der Waals surface area contributed by atoms with E-state index in [2.05, 4.69) is 43.5 Å². The number of esters is 1. The van der Waals surface area contributed by atoms with Gasteiger partial charge in [-0.05, 0) is 57.8 Å². The van der Waals surface area contributed by atoms with Crippen molar-refractivity contribution < 1.29 is 24.5 Å². The first kappa shape index (κ1) is 68.3. The van der Waals surface area contributed by atoms with Crippen LogP contribution in [0.3, 0.4) is 0 Å². The van der Waals surface area contributed by atoms with Crippen molar-refractivity contribution >= 4 is 11.9 Å². The molecule has 2 atom stereocenters. The molecule has 0 aliphatic carbocycles. The second-order valence-corrected chi connectivity index (χ2v) is 21.7. The summed E-state index contributed by atoms with van der Waals surface area (Å²) in [5.41, 5.74) is 0. The Balaban J connectivity index is 3.34. The second kappa shape index (κ2) is 59.9.